The highest BCUT2D eigenvalue weighted by Gasteiger charge is 2.12. The Balaban J connectivity index is 2.17. The average Bonchev–Trinajstić information content (AvgIpc) is 2.46. The Morgan fingerprint density at radius 3 is 2.68 bits per heavy atom. The maximum atomic E-state index is 12.6. The number of aromatic nitrogens is 1. The molecule has 0 saturated carbocycles. The molecule has 2 nitrogen and oxygen atoms in total. The molecule has 0 aliphatic rings. The number of halogens is 1. The van der Waals surface area contributed by atoms with Crippen LogP contribution < -0.4 is 0 Å². The number of ketones is 1. The Labute approximate surface area is 124 Å². The monoisotopic (exact) mass is 359 g/mol. The van der Waals surface area contributed by atoms with Crippen LogP contribution in [-0.4, -0.2) is 10.8 Å². The molecule has 0 N–H and O–H groups in total. The molecule has 0 aliphatic heterocycles. The summed E-state index contributed by atoms with van der Waals surface area (Å²) in [7, 11) is 0. The fourth-order valence-electron chi connectivity index (χ4n) is 2.09. The number of pyridine rings is 1. The molecule has 92 valence electrons. The van der Waals surface area contributed by atoms with Gasteiger partial charge in [-0.2, -0.15) is 0 Å². The highest BCUT2D eigenvalue weighted by Crippen LogP contribution is 2.20. The third-order valence-corrected chi connectivity index (χ3v) is 3.65. The number of carbonyl (C=O) groups excluding carboxylic acids is 1. The number of carbonyl (C=O) groups is 1. The van der Waals surface area contributed by atoms with Crippen molar-refractivity contribution in [3.63, 3.8) is 0 Å². The third-order valence-electron chi connectivity index (χ3n) is 2.98. The summed E-state index contributed by atoms with van der Waals surface area (Å²) in [6, 6.07) is 17.1. The van der Waals surface area contributed by atoms with Gasteiger partial charge >= 0.3 is 0 Å². The van der Waals surface area contributed by atoms with Gasteiger partial charge in [-0.15, -0.1) is 0 Å². The molecule has 19 heavy (non-hydrogen) atoms. The van der Waals surface area contributed by atoms with Crippen LogP contribution in [0.4, 0.5) is 0 Å². The first kappa shape index (κ1) is 12.3. The van der Waals surface area contributed by atoms with Crippen LogP contribution in [0.25, 0.3) is 10.9 Å². The SMILES string of the molecule is O=C(c1cccc(I)c1)c1cccc2ncccc12. The molecule has 0 saturated heterocycles. The number of hydrogen-bond acceptors (Lipinski definition) is 2. The van der Waals surface area contributed by atoms with Crippen molar-refractivity contribution in [2.24, 2.45) is 0 Å². The predicted molar refractivity (Wildman–Crippen MR) is 84.3 cm³/mol. The normalized spacial score (nSPS) is 10.6. The highest BCUT2D eigenvalue weighted by atomic mass is 127. The van der Waals surface area contributed by atoms with Gasteiger partial charge in [0.15, 0.2) is 5.78 Å². The van der Waals surface area contributed by atoms with Crippen molar-refractivity contribution < 1.29 is 4.79 Å². The van der Waals surface area contributed by atoms with Crippen LogP contribution in [0, 0.1) is 3.57 Å². The van der Waals surface area contributed by atoms with Gasteiger partial charge in [0.05, 0.1) is 5.52 Å². The summed E-state index contributed by atoms with van der Waals surface area (Å²) < 4.78 is 1.06. The quantitative estimate of drug-likeness (QED) is 0.510. The molecule has 3 rings (SSSR count). The van der Waals surface area contributed by atoms with E-state index in [1.165, 1.54) is 0 Å². The zero-order valence-electron chi connectivity index (χ0n) is 10.0. The van der Waals surface area contributed by atoms with E-state index in [2.05, 4.69) is 27.6 Å². The van der Waals surface area contributed by atoms with Gasteiger partial charge in [-0.1, -0.05) is 30.3 Å². The Kier molecular flexibility index (Phi) is 3.29. The van der Waals surface area contributed by atoms with Crippen LogP contribution in [0.15, 0.2) is 60.8 Å². The Bertz CT molecular complexity index is 762. The summed E-state index contributed by atoms with van der Waals surface area (Å²) in [5.74, 6) is 0.0390. The minimum atomic E-state index is 0.0390. The van der Waals surface area contributed by atoms with Crippen LogP contribution in [0.5, 0.6) is 0 Å². The predicted octanol–water partition coefficient (Wildman–Crippen LogP) is 4.07. The van der Waals surface area contributed by atoms with E-state index in [1.54, 1.807) is 6.20 Å². The van der Waals surface area contributed by atoms with Gasteiger partial charge in [-0.25, -0.2) is 0 Å². The number of fused-ring (bicyclic) bond motifs is 1. The second-order valence-corrected chi connectivity index (χ2v) is 5.46. The van der Waals surface area contributed by atoms with Gasteiger partial charge < -0.3 is 0 Å². The molecule has 3 aromatic rings. The van der Waals surface area contributed by atoms with Gasteiger partial charge in [0, 0.05) is 26.3 Å². The van der Waals surface area contributed by atoms with E-state index in [0.29, 0.717) is 11.1 Å². The minimum Gasteiger partial charge on any atom is -0.289 e. The summed E-state index contributed by atoms with van der Waals surface area (Å²) >= 11 is 2.21. The topological polar surface area (TPSA) is 30.0 Å². The molecule has 1 aromatic heterocycles. The number of nitrogens with zero attached hydrogens (tertiary/aromatic N) is 1. The maximum Gasteiger partial charge on any atom is 0.193 e. The lowest BCUT2D eigenvalue weighted by atomic mass is 9.99. The van der Waals surface area contributed by atoms with Gasteiger partial charge in [-0.3, -0.25) is 9.78 Å². The average molecular weight is 359 g/mol. The van der Waals surface area contributed by atoms with Gasteiger partial charge in [0.2, 0.25) is 0 Å². The van der Waals surface area contributed by atoms with E-state index in [4.69, 9.17) is 0 Å². The molecular weight excluding hydrogens is 349 g/mol. The van der Waals surface area contributed by atoms with E-state index in [0.717, 1.165) is 14.5 Å². The van der Waals surface area contributed by atoms with Gasteiger partial charge in [-0.05, 0) is 46.9 Å². The van der Waals surface area contributed by atoms with Crippen molar-refractivity contribution in [2.75, 3.05) is 0 Å². The lowest BCUT2D eigenvalue weighted by molar-refractivity contribution is 0.104. The molecule has 0 aliphatic carbocycles. The van der Waals surface area contributed by atoms with Crippen LogP contribution >= 0.6 is 22.6 Å². The van der Waals surface area contributed by atoms with Gasteiger partial charge in [0.25, 0.3) is 0 Å². The van der Waals surface area contributed by atoms with Gasteiger partial charge in [0.1, 0.15) is 0 Å². The summed E-state index contributed by atoms with van der Waals surface area (Å²) in [6.45, 7) is 0. The van der Waals surface area contributed by atoms with Crippen LogP contribution in [0.2, 0.25) is 0 Å². The Hall–Kier alpha value is -1.75. The second kappa shape index (κ2) is 5.09. The minimum absolute atomic E-state index is 0.0390. The molecule has 0 amide bonds. The van der Waals surface area contributed by atoms with E-state index >= 15 is 0 Å². The molecule has 0 unspecified atom stereocenters. The van der Waals surface area contributed by atoms with E-state index in [1.807, 2.05) is 54.6 Å². The van der Waals surface area contributed by atoms with Crippen molar-refractivity contribution in [3.8, 4) is 0 Å². The molecule has 0 radical (unpaired) electrons. The summed E-state index contributed by atoms with van der Waals surface area (Å²) in [5.41, 5.74) is 2.26. The van der Waals surface area contributed by atoms with E-state index in [-0.39, 0.29) is 5.78 Å². The summed E-state index contributed by atoms with van der Waals surface area (Å²) in [6.07, 6.45) is 1.74. The molecule has 1 heterocycles. The number of benzene rings is 2. The Morgan fingerprint density at radius 1 is 1.00 bits per heavy atom. The number of rotatable bonds is 2. The van der Waals surface area contributed by atoms with Crippen LogP contribution in [-0.2, 0) is 0 Å². The summed E-state index contributed by atoms with van der Waals surface area (Å²) in [4.78, 5) is 16.9. The molecule has 0 atom stereocenters. The largest absolute Gasteiger partial charge is 0.289 e. The lowest BCUT2D eigenvalue weighted by Crippen LogP contribution is -2.02. The third kappa shape index (κ3) is 2.38. The summed E-state index contributed by atoms with van der Waals surface area (Å²) in [5, 5.41) is 0.897. The lowest BCUT2D eigenvalue weighted by Gasteiger charge is -2.05. The van der Waals surface area contributed by atoms with Crippen molar-refractivity contribution in [2.45, 2.75) is 0 Å². The maximum absolute atomic E-state index is 12.6. The number of hydrogen-bond donors (Lipinski definition) is 0. The first-order valence-corrected chi connectivity index (χ1v) is 6.97. The van der Waals surface area contributed by atoms with Crippen molar-refractivity contribution >= 4 is 39.3 Å². The van der Waals surface area contributed by atoms with E-state index in [9.17, 15) is 4.79 Å². The highest BCUT2D eigenvalue weighted by molar-refractivity contribution is 14.1. The zero-order chi connectivity index (χ0) is 13.2. The van der Waals surface area contributed by atoms with Crippen molar-refractivity contribution in [1.82, 2.24) is 4.98 Å². The fraction of sp³-hybridized carbons (Fsp3) is 0. The molecule has 2 aromatic carbocycles. The first-order valence-electron chi connectivity index (χ1n) is 5.90. The molecule has 0 spiro atoms. The zero-order valence-corrected chi connectivity index (χ0v) is 12.2. The molecule has 3 heteroatoms. The molecule has 0 bridgehead atoms. The van der Waals surface area contributed by atoms with E-state index < -0.39 is 0 Å². The second-order valence-electron chi connectivity index (χ2n) is 4.22. The Morgan fingerprint density at radius 2 is 1.84 bits per heavy atom. The first-order chi connectivity index (χ1) is 9.25. The van der Waals surface area contributed by atoms with Crippen molar-refractivity contribution in [3.05, 3.63) is 75.5 Å². The van der Waals surface area contributed by atoms with Crippen LogP contribution in [0.1, 0.15) is 15.9 Å². The standard InChI is InChI=1S/C16H10INO/c17-12-5-1-4-11(10-12)16(19)14-6-2-8-15-13(14)7-3-9-18-15/h1-10H. The molecular formula is C16H10INO. The smallest absolute Gasteiger partial charge is 0.193 e. The molecule has 0 fully saturated rings. The fourth-order valence-corrected chi connectivity index (χ4v) is 2.63. The van der Waals surface area contributed by atoms with Crippen molar-refractivity contribution in [1.29, 1.82) is 0 Å². The van der Waals surface area contributed by atoms with Crippen LogP contribution in [0.3, 0.4) is 0 Å².